The summed E-state index contributed by atoms with van der Waals surface area (Å²) in [5.74, 6) is 0.266. The molecule has 3 rings (SSSR count). The third-order valence-corrected chi connectivity index (χ3v) is 4.38. The number of aryl methyl sites for hydroxylation is 1. The molecule has 1 N–H and O–H groups in total. The van der Waals surface area contributed by atoms with Crippen molar-refractivity contribution >= 4 is 5.91 Å². The van der Waals surface area contributed by atoms with Crippen molar-refractivity contribution in [2.24, 2.45) is 0 Å². The molecular weight excluding hydrogens is 250 g/mol. The lowest BCUT2D eigenvalue weighted by molar-refractivity contribution is -0.132. The van der Waals surface area contributed by atoms with E-state index in [1.807, 2.05) is 17.0 Å². The topological polar surface area (TPSA) is 35.6 Å². The molecule has 108 valence electrons. The van der Waals surface area contributed by atoms with Crippen molar-refractivity contribution in [3.8, 4) is 0 Å². The highest BCUT2D eigenvalue weighted by Crippen LogP contribution is 2.12. The Morgan fingerprint density at radius 2 is 2.00 bits per heavy atom. The van der Waals surface area contributed by atoms with E-state index >= 15 is 0 Å². The summed E-state index contributed by atoms with van der Waals surface area (Å²) < 4.78 is 0. The largest absolute Gasteiger partial charge is 0.340 e. The van der Waals surface area contributed by atoms with Crippen LogP contribution in [0.5, 0.6) is 0 Å². The van der Waals surface area contributed by atoms with Crippen LogP contribution in [0.2, 0.25) is 0 Å². The van der Waals surface area contributed by atoms with Gasteiger partial charge in [-0.25, -0.2) is 0 Å². The quantitative estimate of drug-likeness (QED) is 0.878. The van der Waals surface area contributed by atoms with Gasteiger partial charge in [-0.05, 0) is 12.5 Å². The average molecular weight is 273 g/mol. The minimum Gasteiger partial charge on any atom is -0.340 e. The molecule has 0 atom stereocenters. The summed E-state index contributed by atoms with van der Waals surface area (Å²) >= 11 is 0. The lowest BCUT2D eigenvalue weighted by atomic mass is 10.1. The Morgan fingerprint density at radius 3 is 2.60 bits per heavy atom. The van der Waals surface area contributed by atoms with Crippen LogP contribution < -0.4 is 5.32 Å². The molecule has 2 aliphatic rings. The molecule has 0 spiro atoms. The molecule has 2 fully saturated rings. The van der Waals surface area contributed by atoms with Gasteiger partial charge in [0.15, 0.2) is 0 Å². The average Bonchev–Trinajstić information content (AvgIpc) is 2.37. The standard InChI is InChI=1S/C16H23N3O/c1-13-3-2-4-14(9-13)10-16(20)19-7-5-18(6-8-19)15-11-17-12-15/h2-4,9,15,17H,5-8,10-12H2,1H3. The first-order chi connectivity index (χ1) is 9.72. The maximum absolute atomic E-state index is 12.3. The molecule has 1 aromatic carbocycles. The zero-order valence-electron chi connectivity index (χ0n) is 12.1. The highest BCUT2D eigenvalue weighted by molar-refractivity contribution is 5.79. The van der Waals surface area contributed by atoms with Crippen LogP contribution >= 0.6 is 0 Å². The molecule has 2 aliphatic heterocycles. The molecule has 0 unspecified atom stereocenters. The van der Waals surface area contributed by atoms with E-state index in [9.17, 15) is 4.79 Å². The number of benzene rings is 1. The molecule has 20 heavy (non-hydrogen) atoms. The second-order valence-corrected chi connectivity index (χ2v) is 5.89. The first-order valence-electron chi connectivity index (χ1n) is 7.50. The van der Waals surface area contributed by atoms with E-state index in [1.165, 1.54) is 5.56 Å². The highest BCUT2D eigenvalue weighted by Gasteiger charge is 2.28. The van der Waals surface area contributed by atoms with Crippen molar-refractivity contribution in [2.45, 2.75) is 19.4 Å². The van der Waals surface area contributed by atoms with E-state index in [4.69, 9.17) is 0 Å². The van der Waals surface area contributed by atoms with Crippen molar-refractivity contribution in [3.05, 3.63) is 35.4 Å². The number of amides is 1. The fraction of sp³-hybridized carbons (Fsp3) is 0.562. The van der Waals surface area contributed by atoms with E-state index in [2.05, 4.69) is 29.3 Å². The monoisotopic (exact) mass is 273 g/mol. The number of hydrogen-bond donors (Lipinski definition) is 1. The number of rotatable bonds is 3. The van der Waals surface area contributed by atoms with Crippen LogP contribution in [0.3, 0.4) is 0 Å². The lowest BCUT2D eigenvalue weighted by Crippen LogP contribution is -2.62. The SMILES string of the molecule is Cc1cccc(CC(=O)N2CCN(C3CNC3)CC2)c1. The molecule has 0 aromatic heterocycles. The molecule has 4 heteroatoms. The normalized spacial score (nSPS) is 20.8. The van der Waals surface area contributed by atoms with Crippen molar-refractivity contribution in [1.29, 1.82) is 0 Å². The molecule has 4 nitrogen and oxygen atoms in total. The number of piperazine rings is 1. The number of nitrogens with zero attached hydrogens (tertiary/aromatic N) is 2. The minimum atomic E-state index is 0.266. The van der Waals surface area contributed by atoms with Crippen molar-refractivity contribution < 1.29 is 4.79 Å². The Labute approximate surface area is 120 Å². The molecule has 2 heterocycles. The van der Waals surface area contributed by atoms with Gasteiger partial charge in [0, 0.05) is 45.3 Å². The van der Waals surface area contributed by atoms with Crippen molar-refractivity contribution in [1.82, 2.24) is 15.1 Å². The zero-order chi connectivity index (χ0) is 13.9. The fourth-order valence-electron chi connectivity index (χ4n) is 2.98. The molecule has 0 aliphatic carbocycles. The molecule has 2 saturated heterocycles. The van der Waals surface area contributed by atoms with Gasteiger partial charge in [0.25, 0.3) is 0 Å². The maximum atomic E-state index is 12.3. The van der Waals surface area contributed by atoms with Gasteiger partial charge in [-0.3, -0.25) is 9.69 Å². The van der Waals surface area contributed by atoms with Gasteiger partial charge in [-0.1, -0.05) is 29.8 Å². The van der Waals surface area contributed by atoms with Crippen LogP contribution in [-0.2, 0) is 11.2 Å². The molecule has 0 bridgehead atoms. The van der Waals surface area contributed by atoms with Gasteiger partial charge in [-0.2, -0.15) is 0 Å². The Hall–Kier alpha value is -1.39. The van der Waals surface area contributed by atoms with Gasteiger partial charge >= 0.3 is 0 Å². The Balaban J connectivity index is 1.51. The Kier molecular flexibility index (Phi) is 4.03. The van der Waals surface area contributed by atoms with Crippen molar-refractivity contribution in [3.63, 3.8) is 0 Å². The predicted octanol–water partition coefficient (Wildman–Crippen LogP) is 0.654. The third kappa shape index (κ3) is 3.02. The summed E-state index contributed by atoms with van der Waals surface area (Å²) in [4.78, 5) is 16.9. The minimum absolute atomic E-state index is 0.266. The highest BCUT2D eigenvalue weighted by atomic mass is 16.2. The summed E-state index contributed by atoms with van der Waals surface area (Å²) in [6, 6.07) is 8.94. The van der Waals surface area contributed by atoms with Gasteiger partial charge < -0.3 is 10.2 Å². The smallest absolute Gasteiger partial charge is 0.227 e. The number of nitrogens with one attached hydrogen (secondary N) is 1. The first kappa shape index (κ1) is 13.6. The summed E-state index contributed by atoms with van der Waals surface area (Å²) in [5, 5.41) is 3.31. The molecule has 1 aromatic rings. The summed E-state index contributed by atoms with van der Waals surface area (Å²) in [7, 11) is 0. The zero-order valence-corrected chi connectivity index (χ0v) is 12.1. The number of carbonyl (C=O) groups excluding carboxylic acids is 1. The van der Waals surface area contributed by atoms with Crippen molar-refractivity contribution in [2.75, 3.05) is 39.3 Å². The van der Waals surface area contributed by atoms with Gasteiger partial charge in [0.1, 0.15) is 0 Å². The first-order valence-corrected chi connectivity index (χ1v) is 7.50. The Morgan fingerprint density at radius 1 is 1.25 bits per heavy atom. The third-order valence-electron chi connectivity index (χ3n) is 4.38. The van der Waals surface area contributed by atoms with Crippen LogP contribution in [0.25, 0.3) is 0 Å². The van der Waals surface area contributed by atoms with E-state index in [-0.39, 0.29) is 5.91 Å². The fourth-order valence-corrected chi connectivity index (χ4v) is 2.98. The summed E-state index contributed by atoms with van der Waals surface area (Å²) in [6.07, 6.45) is 0.534. The van der Waals surface area contributed by atoms with Crippen LogP contribution in [-0.4, -0.2) is 61.0 Å². The van der Waals surface area contributed by atoms with E-state index < -0.39 is 0 Å². The van der Waals surface area contributed by atoms with E-state index in [1.54, 1.807) is 0 Å². The van der Waals surface area contributed by atoms with Crippen LogP contribution in [0.15, 0.2) is 24.3 Å². The molecule has 0 radical (unpaired) electrons. The van der Waals surface area contributed by atoms with E-state index in [0.717, 1.165) is 44.8 Å². The number of hydrogen-bond acceptors (Lipinski definition) is 3. The molecule has 0 saturated carbocycles. The second-order valence-electron chi connectivity index (χ2n) is 5.89. The van der Waals surface area contributed by atoms with Gasteiger partial charge in [0.05, 0.1) is 6.42 Å². The predicted molar refractivity (Wildman–Crippen MR) is 79.7 cm³/mol. The van der Waals surface area contributed by atoms with Gasteiger partial charge in [0.2, 0.25) is 5.91 Å². The van der Waals surface area contributed by atoms with E-state index in [0.29, 0.717) is 12.5 Å². The second kappa shape index (κ2) is 5.94. The maximum Gasteiger partial charge on any atom is 0.227 e. The van der Waals surface area contributed by atoms with Crippen LogP contribution in [0.1, 0.15) is 11.1 Å². The molecule has 1 amide bonds. The van der Waals surface area contributed by atoms with Crippen LogP contribution in [0, 0.1) is 6.92 Å². The molecular formula is C16H23N3O. The summed E-state index contributed by atoms with van der Waals surface area (Å²) in [5.41, 5.74) is 2.35. The Bertz CT molecular complexity index is 476. The van der Waals surface area contributed by atoms with Gasteiger partial charge in [-0.15, -0.1) is 0 Å². The van der Waals surface area contributed by atoms with Crippen LogP contribution in [0.4, 0.5) is 0 Å². The lowest BCUT2D eigenvalue weighted by Gasteiger charge is -2.43. The summed E-state index contributed by atoms with van der Waals surface area (Å²) in [6.45, 7) is 8.08. The number of carbonyl (C=O) groups is 1.